The van der Waals surface area contributed by atoms with E-state index < -0.39 is 0 Å². The Labute approximate surface area is 148 Å². The highest BCUT2D eigenvalue weighted by molar-refractivity contribution is 9.10. The summed E-state index contributed by atoms with van der Waals surface area (Å²) in [6.07, 6.45) is 2.94. The lowest BCUT2D eigenvalue weighted by Crippen LogP contribution is -2.28. The summed E-state index contributed by atoms with van der Waals surface area (Å²) in [6.45, 7) is 4.35. The van der Waals surface area contributed by atoms with Crippen LogP contribution in [-0.4, -0.2) is 10.2 Å². The van der Waals surface area contributed by atoms with E-state index in [9.17, 15) is 10.2 Å². The first-order chi connectivity index (χ1) is 10.4. The van der Waals surface area contributed by atoms with Crippen LogP contribution in [0.15, 0.2) is 45.3 Å². The van der Waals surface area contributed by atoms with Crippen molar-refractivity contribution in [1.29, 1.82) is 0 Å². The third kappa shape index (κ3) is 3.18. The summed E-state index contributed by atoms with van der Waals surface area (Å²) in [5.41, 5.74) is 2.13. The van der Waals surface area contributed by atoms with Gasteiger partial charge in [-0.3, -0.25) is 0 Å². The van der Waals surface area contributed by atoms with E-state index in [1.807, 2.05) is 12.1 Å². The molecule has 2 rings (SSSR count). The summed E-state index contributed by atoms with van der Waals surface area (Å²) in [5, 5.41) is 19.4. The van der Waals surface area contributed by atoms with Crippen molar-refractivity contribution in [3.05, 3.63) is 56.5 Å². The van der Waals surface area contributed by atoms with Crippen molar-refractivity contribution in [2.75, 3.05) is 0 Å². The zero-order valence-electron chi connectivity index (χ0n) is 12.7. The lowest BCUT2D eigenvalue weighted by molar-refractivity contribution is 0.439. The highest BCUT2D eigenvalue weighted by Gasteiger charge is 2.35. The van der Waals surface area contributed by atoms with Gasteiger partial charge in [-0.1, -0.05) is 64.3 Å². The van der Waals surface area contributed by atoms with Crippen molar-refractivity contribution < 1.29 is 10.2 Å². The predicted molar refractivity (Wildman–Crippen MR) is 97.6 cm³/mol. The van der Waals surface area contributed by atoms with E-state index in [1.54, 1.807) is 24.3 Å². The molecule has 118 valence electrons. The fourth-order valence-corrected chi connectivity index (χ4v) is 4.68. The zero-order valence-corrected chi connectivity index (χ0v) is 15.9. The molecule has 4 heteroatoms. The average Bonchev–Trinajstić information content (AvgIpc) is 2.46. The van der Waals surface area contributed by atoms with Crippen molar-refractivity contribution >= 4 is 31.9 Å². The second-order valence-corrected chi connectivity index (χ2v) is 7.22. The number of benzene rings is 2. The van der Waals surface area contributed by atoms with Gasteiger partial charge < -0.3 is 10.2 Å². The number of hydrogen-bond donors (Lipinski definition) is 2. The number of phenolic OH excluding ortho intramolecular Hbond substituents is 2. The highest BCUT2D eigenvalue weighted by Crippen LogP contribution is 2.46. The summed E-state index contributed by atoms with van der Waals surface area (Å²) < 4.78 is 1.81. The molecule has 0 amide bonds. The van der Waals surface area contributed by atoms with Crippen molar-refractivity contribution in [3.63, 3.8) is 0 Å². The van der Waals surface area contributed by atoms with Gasteiger partial charge in [0.15, 0.2) is 0 Å². The van der Waals surface area contributed by atoms with E-state index >= 15 is 0 Å². The van der Waals surface area contributed by atoms with Crippen molar-refractivity contribution in [2.45, 2.75) is 38.5 Å². The zero-order chi connectivity index (χ0) is 16.3. The number of phenols is 2. The molecule has 0 spiro atoms. The van der Waals surface area contributed by atoms with E-state index in [4.69, 9.17) is 0 Å². The molecule has 0 atom stereocenters. The Morgan fingerprint density at radius 3 is 1.64 bits per heavy atom. The maximum atomic E-state index is 9.70. The number of rotatable bonds is 5. The SMILES string of the molecule is CCCC(CC)(c1ccc(O)cc1Br)c1ccc(O)cc1Br. The third-order valence-electron chi connectivity index (χ3n) is 4.22. The molecule has 22 heavy (non-hydrogen) atoms. The predicted octanol–water partition coefficient (Wildman–Crippen LogP) is 6.12. The van der Waals surface area contributed by atoms with Crippen LogP contribution in [0.4, 0.5) is 0 Å². The standard InChI is InChI=1S/C18H20Br2O2/c1-3-9-18(4-2,14-7-5-12(21)10-16(14)19)15-8-6-13(22)11-17(15)20/h5-8,10-11,21-22H,3-4,9H2,1-2H3. The molecule has 2 aromatic carbocycles. The molecule has 2 N–H and O–H groups in total. The Morgan fingerprint density at radius 2 is 1.32 bits per heavy atom. The fraction of sp³-hybridized carbons (Fsp3) is 0.333. The van der Waals surface area contributed by atoms with Gasteiger partial charge >= 0.3 is 0 Å². The monoisotopic (exact) mass is 426 g/mol. The van der Waals surface area contributed by atoms with Crippen molar-refractivity contribution in [2.24, 2.45) is 0 Å². The van der Waals surface area contributed by atoms with Crippen molar-refractivity contribution in [1.82, 2.24) is 0 Å². The molecule has 0 saturated heterocycles. The minimum absolute atomic E-state index is 0.173. The van der Waals surface area contributed by atoms with E-state index in [0.29, 0.717) is 0 Å². The second-order valence-electron chi connectivity index (χ2n) is 5.51. The Morgan fingerprint density at radius 1 is 0.864 bits per heavy atom. The molecule has 0 aliphatic heterocycles. The average molecular weight is 428 g/mol. The first-order valence-corrected chi connectivity index (χ1v) is 9.01. The summed E-state index contributed by atoms with van der Waals surface area (Å²) in [5.74, 6) is 0.504. The topological polar surface area (TPSA) is 40.5 Å². The van der Waals surface area contributed by atoms with Crippen molar-refractivity contribution in [3.8, 4) is 11.5 Å². The van der Waals surface area contributed by atoms with Crippen LogP contribution in [0, 0.1) is 0 Å². The maximum Gasteiger partial charge on any atom is 0.116 e. The van der Waals surface area contributed by atoms with Crippen LogP contribution in [0.3, 0.4) is 0 Å². The van der Waals surface area contributed by atoms with Crippen LogP contribution in [0.1, 0.15) is 44.2 Å². The van der Waals surface area contributed by atoms with Gasteiger partial charge in [0.05, 0.1) is 0 Å². The minimum atomic E-state index is -0.173. The molecular weight excluding hydrogens is 408 g/mol. The lowest BCUT2D eigenvalue weighted by atomic mass is 9.69. The van der Waals surface area contributed by atoms with Gasteiger partial charge in [-0.15, -0.1) is 0 Å². The van der Waals surface area contributed by atoms with Crippen LogP contribution in [0.5, 0.6) is 11.5 Å². The molecule has 0 saturated carbocycles. The summed E-state index contributed by atoms with van der Waals surface area (Å²) in [7, 11) is 0. The van der Waals surface area contributed by atoms with Gasteiger partial charge in [0, 0.05) is 14.4 Å². The van der Waals surface area contributed by atoms with Crippen LogP contribution >= 0.6 is 31.9 Å². The van der Waals surface area contributed by atoms with E-state index in [1.165, 1.54) is 0 Å². The van der Waals surface area contributed by atoms with E-state index in [2.05, 4.69) is 45.7 Å². The molecule has 2 aromatic rings. The van der Waals surface area contributed by atoms with Gasteiger partial charge in [0.1, 0.15) is 11.5 Å². The van der Waals surface area contributed by atoms with Crippen LogP contribution in [0.25, 0.3) is 0 Å². The lowest BCUT2D eigenvalue weighted by Gasteiger charge is -2.36. The number of hydrogen-bond acceptors (Lipinski definition) is 2. The summed E-state index contributed by atoms with van der Waals surface area (Å²) in [4.78, 5) is 0. The fourth-order valence-electron chi connectivity index (χ4n) is 3.18. The molecule has 0 unspecified atom stereocenters. The molecule has 0 bridgehead atoms. The summed E-state index contributed by atoms with van der Waals surface area (Å²) in [6, 6.07) is 10.9. The molecule has 0 aromatic heterocycles. The number of halogens is 2. The van der Waals surface area contributed by atoms with Gasteiger partial charge in [-0.05, 0) is 48.2 Å². The first-order valence-electron chi connectivity index (χ1n) is 7.42. The molecular formula is C18H20Br2O2. The molecule has 0 radical (unpaired) electrons. The minimum Gasteiger partial charge on any atom is -0.508 e. The Hall–Kier alpha value is -1.00. The van der Waals surface area contributed by atoms with Gasteiger partial charge in [-0.2, -0.15) is 0 Å². The van der Waals surface area contributed by atoms with Gasteiger partial charge in [0.25, 0.3) is 0 Å². The number of aromatic hydroxyl groups is 2. The molecule has 0 aliphatic carbocycles. The molecule has 0 fully saturated rings. The smallest absolute Gasteiger partial charge is 0.116 e. The molecule has 0 aliphatic rings. The largest absolute Gasteiger partial charge is 0.508 e. The van der Waals surface area contributed by atoms with Gasteiger partial charge in [0.2, 0.25) is 0 Å². The van der Waals surface area contributed by atoms with Crippen LogP contribution < -0.4 is 0 Å². The first kappa shape index (κ1) is 17.4. The quantitative estimate of drug-likeness (QED) is 0.603. The Balaban J connectivity index is 2.71. The van der Waals surface area contributed by atoms with Crippen LogP contribution in [0.2, 0.25) is 0 Å². The normalized spacial score (nSPS) is 11.6. The Bertz CT molecular complexity index is 617. The highest BCUT2D eigenvalue weighted by atomic mass is 79.9. The second kappa shape index (κ2) is 7.05. The third-order valence-corrected chi connectivity index (χ3v) is 5.53. The van der Waals surface area contributed by atoms with E-state index in [0.717, 1.165) is 39.3 Å². The molecule has 0 heterocycles. The van der Waals surface area contributed by atoms with Gasteiger partial charge in [-0.25, -0.2) is 0 Å². The summed E-state index contributed by atoms with van der Waals surface area (Å²) >= 11 is 7.21. The Kier molecular flexibility index (Phi) is 5.56. The van der Waals surface area contributed by atoms with E-state index in [-0.39, 0.29) is 16.9 Å². The maximum absolute atomic E-state index is 9.70. The molecule has 2 nitrogen and oxygen atoms in total. The van der Waals surface area contributed by atoms with Crippen LogP contribution in [-0.2, 0) is 5.41 Å².